The van der Waals surface area contributed by atoms with E-state index in [1.165, 1.54) is 17.4 Å². The third-order valence-electron chi connectivity index (χ3n) is 4.36. The SMILES string of the molecule is C[C@@H]1CCc2c(sc(NC(=O)COC(=O)c3cc(Cl)ccc3F)c2C#N)C1. The van der Waals surface area contributed by atoms with Crippen molar-refractivity contribution in [2.24, 2.45) is 5.92 Å². The molecule has 0 radical (unpaired) electrons. The first-order chi connectivity index (χ1) is 12.9. The van der Waals surface area contributed by atoms with E-state index in [-0.39, 0.29) is 10.6 Å². The number of thiophene rings is 1. The molecule has 1 aliphatic rings. The molecule has 0 bridgehead atoms. The van der Waals surface area contributed by atoms with E-state index in [0.29, 0.717) is 16.5 Å². The quantitative estimate of drug-likeness (QED) is 0.766. The molecular weight excluding hydrogens is 391 g/mol. The molecule has 27 heavy (non-hydrogen) atoms. The Hall–Kier alpha value is -2.43. The van der Waals surface area contributed by atoms with E-state index in [2.05, 4.69) is 18.3 Å². The fraction of sp³-hybridized carbons (Fsp3) is 0.316. The van der Waals surface area contributed by atoms with Crippen molar-refractivity contribution < 1.29 is 18.7 Å². The lowest BCUT2D eigenvalue weighted by Gasteiger charge is -2.17. The molecule has 3 rings (SSSR count). The van der Waals surface area contributed by atoms with Crippen LogP contribution in [-0.2, 0) is 22.4 Å². The number of nitrogens with zero attached hydrogens (tertiary/aromatic N) is 1. The number of amides is 1. The zero-order valence-electron chi connectivity index (χ0n) is 14.5. The van der Waals surface area contributed by atoms with Crippen molar-refractivity contribution in [3.63, 3.8) is 0 Å². The highest BCUT2D eigenvalue weighted by atomic mass is 35.5. The van der Waals surface area contributed by atoms with Gasteiger partial charge in [0.2, 0.25) is 0 Å². The average molecular weight is 407 g/mol. The van der Waals surface area contributed by atoms with Gasteiger partial charge in [0.1, 0.15) is 16.9 Å². The fourth-order valence-corrected chi connectivity index (χ4v) is 4.53. The Kier molecular flexibility index (Phi) is 5.78. The van der Waals surface area contributed by atoms with Crippen LogP contribution >= 0.6 is 22.9 Å². The predicted octanol–water partition coefficient (Wildman–Crippen LogP) is 4.33. The number of carbonyl (C=O) groups excluding carboxylic acids is 2. The molecule has 1 amide bonds. The summed E-state index contributed by atoms with van der Waals surface area (Å²) in [5.41, 5.74) is 1.13. The number of esters is 1. The van der Waals surface area contributed by atoms with Gasteiger partial charge in [-0.25, -0.2) is 9.18 Å². The summed E-state index contributed by atoms with van der Waals surface area (Å²) < 4.78 is 18.5. The first-order valence-electron chi connectivity index (χ1n) is 8.35. The number of hydrogen-bond acceptors (Lipinski definition) is 5. The minimum Gasteiger partial charge on any atom is -0.452 e. The lowest BCUT2D eigenvalue weighted by molar-refractivity contribution is -0.119. The van der Waals surface area contributed by atoms with Gasteiger partial charge < -0.3 is 10.1 Å². The van der Waals surface area contributed by atoms with Gasteiger partial charge in [0, 0.05) is 9.90 Å². The van der Waals surface area contributed by atoms with E-state index in [0.717, 1.165) is 41.8 Å². The first-order valence-corrected chi connectivity index (χ1v) is 9.55. The van der Waals surface area contributed by atoms with Gasteiger partial charge in [0.15, 0.2) is 6.61 Å². The Balaban J connectivity index is 1.66. The largest absolute Gasteiger partial charge is 0.452 e. The molecule has 0 saturated carbocycles. The highest BCUT2D eigenvalue weighted by molar-refractivity contribution is 7.16. The molecule has 1 heterocycles. The fourth-order valence-electron chi connectivity index (χ4n) is 2.98. The van der Waals surface area contributed by atoms with Crippen LogP contribution in [0.2, 0.25) is 5.02 Å². The molecule has 8 heteroatoms. The average Bonchev–Trinajstić information content (AvgIpc) is 2.97. The van der Waals surface area contributed by atoms with E-state index < -0.39 is 24.3 Å². The number of benzene rings is 1. The summed E-state index contributed by atoms with van der Waals surface area (Å²) in [5.74, 6) is -1.81. The van der Waals surface area contributed by atoms with Crippen LogP contribution in [0, 0.1) is 23.1 Å². The van der Waals surface area contributed by atoms with E-state index in [4.69, 9.17) is 16.3 Å². The van der Waals surface area contributed by atoms with E-state index >= 15 is 0 Å². The molecule has 2 aromatic rings. The number of hydrogen-bond donors (Lipinski definition) is 1. The third-order valence-corrected chi connectivity index (χ3v) is 5.76. The van der Waals surface area contributed by atoms with E-state index in [1.807, 2.05) is 0 Å². The summed E-state index contributed by atoms with van der Waals surface area (Å²) in [6.45, 7) is 1.57. The monoisotopic (exact) mass is 406 g/mol. The molecule has 140 valence electrons. The first kappa shape index (κ1) is 19.3. The van der Waals surface area contributed by atoms with Crippen LogP contribution < -0.4 is 5.32 Å². The van der Waals surface area contributed by atoms with Crippen LogP contribution in [-0.4, -0.2) is 18.5 Å². The number of nitriles is 1. The number of ether oxygens (including phenoxy) is 1. The van der Waals surface area contributed by atoms with E-state index in [9.17, 15) is 19.2 Å². The van der Waals surface area contributed by atoms with Crippen LogP contribution in [0.25, 0.3) is 0 Å². The van der Waals surface area contributed by atoms with Gasteiger partial charge in [-0.3, -0.25) is 4.79 Å². The smallest absolute Gasteiger partial charge is 0.341 e. The number of nitrogens with one attached hydrogen (secondary N) is 1. The van der Waals surface area contributed by atoms with Crippen LogP contribution in [0.4, 0.5) is 9.39 Å². The lowest BCUT2D eigenvalue weighted by atomic mass is 9.89. The Morgan fingerprint density at radius 2 is 2.26 bits per heavy atom. The molecular formula is C19H16ClFN2O3S. The van der Waals surface area contributed by atoms with Crippen molar-refractivity contribution in [2.75, 3.05) is 11.9 Å². The van der Waals surface area contributed by atoms with Crippen LogP contribution in [0.3, 0.4) is 0 Å². The van der Waals surface area contributed by atoms with Gasteiger partial charge in [0.05, 0.1) is 11.1 Å². The topological polar surface area (TPSA) is 79.2 Å². The second kappa shape index (κ2) is 8.07. The molecule has 0 spiro atoms. The van der Waals surface area contributed by atoms with Crippen molar-refractivity contribution in [3.05, 3.63) is 50.6 Å². The Morgan fingerprint density at radius 1 is 1.48 bits per heavy atom. The molecule has 0 aliphatic heterocycles. The van der Waals surface area contributed by atoms with Crippen molar-refractivity contribution >= 4 is 39.8 Å². The number of fused-ring (bicyclic) bond motifs is 1. The zero-order valence-corrected chi connectivity index (χ0v) is 16.0. The van der Waals surface area contributed by atoms with Gasteiger partial charge in [-0.1, -0.05) is 18.5 Å². The molecule has 0 saturated heterocycles. The van der Waals surface area contributed by atoms with Gasteiger partial charge in [-0.15, -0.1) is 11.3 Å². The van der Waals surface area contributed by atoms with Gasteiger partial charge in [-0.2, -0.15) is 5.26 Å². The van der Waals surface area contributed by atoms with Crippen molar-refractivity contribution in [1.82, 2.24) is 0 Å². The normalized spacial score (nSPS) is 15.6. The van der Waals surface area contributed by atoms with Crippen LogP contribution in [0.15, 0.2) is 18.2 Å². The van der Waals surface area contributed by atoms with Crippen molar-refractivity contribution in [2.45, 2.75) is 26.2 Å². The molecule has 1 aliphatic carbocycles. The van der Waals surface area contributed by atoms with Crippen LogP contribution in [0.5, 0.6) is 0 Å². The number of carbonyl (C=O) groups is 2. The third kappa shape index (κ3) is 4.29. The zero-order chi connectivity index (χ0) is 19.6. The maximum atomic E-state index is 13.7. The standard InChI is InChI=1S/C19H16ClFN2O3S/c1-10-2-4-12-14(8-22)18(27-16(12)6-10)23-17(24)9-26-19(25)13-7-11(20)3-5-15(13)21/h3,5,7,10H,2,4,6,9H2,1H3,(H,23,24)/t10-/m1/s1. The summed E-state index contributed by atoms with van der Waals surface area (Å²) in [6.07, 6.45) is 2.71. The Morgan fingerprint density at radius 3 is 3.00 bits per heavy atom. The number of halogens is 2. The summed E-state index contributed by atoms with van der Waals surface area (Å²) >= 11 is 7.12. The highest BCUT2D eigenvalue weighted by Gasteiger charge is 2.25. The minimum absolute atomic E-state index is 0.185. The second-order valence-electron chi connectivity index (χ2n) is 6.42. The number of rotatable bonds is 4. The molecule has 5 nitrogen and oxygen atoms in total. The lowest BCUT2D eigenvalue weighted by Crippen LogP contribution is -2.21. The highest BCUT2D eigenvalue weighted by Crippen LogP contribution is 2.39. The summed E-state index contributed by atoms with van der Waals surface area (Å²) in [7, 11) is 0. The summed E-state index contributed by atoms with van der Waals surface area (Å²) in [4.78, 5) is 25.2. The van der Waals surface area contributed by atoms with Gasteiger partial charge >= 0.3 is 5.97 Å². The maximum absolute atomic E-state index is 13.7. The Labute approximate surface area is 164 Å². The molecule has 1 aromatic heterocycles. The maximum Gasteiger partial charge on any atom is 0.341 e. The second-order valence-corrected chi connectivity index (χ2v) is 7.96. The van der Waals surface area contributed by atoms with Crippen molar-refractivity contribution in [3.8, 4) is 6.07 Å². The summed E-state index contributed by atoms with van der Waals surface area (Å²) in [6, 6.07) is 5.65. The molecule has 0 fully saturated rings. The van der Waals surface area contributed by atoms with E-state index in [1.54, 1.807) is 0 Å². The van der Waals surface area contributed by atoms with Gasteiger partial charge in [0.25, 0.3) is 5.91 Å². The minimum atomic E-state index is -0.982. The van der Waals surface area contributed by atoms with Gasteiger partial charge in [-0.05, 0) is 48.9 Å². The molecule has 0 unspecified atom stereocenters. The molecule has 1 N–H and O–H groups in total. The number of anilines is 1. The molecule has 1 atom stereocenters. The summed E-state index contributed by atoms with van der Waals surface area (Å²) in [5, 5.41) is 12.7. The van der Waals surface area contributed by atoms with Crippen LogP contribution in [0.1, 0.15) is 39.7 Å². The molecule has 1 aromatic carbocycles. The predicted molar refractivity (Wildman–Crippen MR) is 101 cm³/mol. The Bertz CT molecular complexity index is 951. The van der Waals surface area contributed by atoms with Crippen molar-refractivity contribution in [1.29, 1.82) is 5.26 Å².